The Kier molecular flexibility index (Phi) is 5.17. The van der Waals surface area contributed by atoms with E-state index >= 15 is 0 Å². The topological polar surface area (TPSA) is 15.3 Å². The lowest BCUT2D eigenvalue weighted by atomic mass is 10.0. The Morgan fingerprint density at radius 2 is 2.15 bits per heavy atom. The van der Waals surface area contributed by atoms with E-state index in [1.165, 1.54) is 18.4 Å². The number of halogens is 1. The average Bonchev–Trinajstić information content (AvgIpc) is 2.73. The first-order chi connectivity index (χ1) is 9.53. The molecule has 0 amide bonds. The quantitative estimate of drug-likeness (QED) is 0.798. The standard InChI is InChI=1S/C17H27FN2/c1-4-9-19-12-14-6-7-16(18)15(11-14)13-20-10-5-8-17(20,2)3/h6-7,11,19H,4-5,8-10,12-13H2,1-3H3. The van der Waals surface area contributed by atoms with Gasteiger partial charge in [0, 0.05) is 24.2 Å². The second-order valence-corrected chi connectivity index (χ2v) is 6.44. The van der Waals surface area contributed by atoms with Crippen LogP contribution in [0.1, 0.15) is 51.2 Å². The summed E-state index contributed by atoms with van der Waals surface area (Å²) in [6.07, 6.45) is 3.54. The predicted octanol–water partition coefficient (Wildman–Crippen LogP) is 3.70. The van der Waals surface area contributed by atoms with E-state index < -0.39 is 0 Å². The molecule has 1 saturated heterocycles. The number of nitrogens with zero attached hydrogens (tertiary/aromatic N) is 1. The first-order valence-corrected chi connectivity index (χ1v) is 7.76. The molecule has 0 aliphatic carbocycles. The molecule has 0 bridgehead atoms. The van der Waals surface area contributed by atoms with Gasteiger partial charge in [0.15, 0.2) is 0 Å². The summed E-state index contributed by atoms with van der Waals surface area (Å²) in [4.78, 5) is 2.40. The van der Waals surface area contributed by atoms with Gasteiger partial charge in [0.25, 0.3) is 0 Å². The van der Waals surface area contributed by atoms with Gasteiger partial charge in [0.2, 0.25) is 0 Å². The molecule has 1 fully saturated rings. The number of hydrogen-bond acceptors (Lipinski definition) is 2. The van der Waals surface area contributed by atoms with Gasteiger partial charge in [-0.25, -0.2) is 4.39 Å². The molecule has 1 aromatic rings. The minimum Gasteiger partial charge on any atom is -0.313 e. The maximum absolute atomic E-state index is 14.0. The largest absolute Gasteiger partial charge is 0.313 e. The van der Waals surface area contributed by atoms with Gasteiger partial charge in [-0.2, -0.15) is 0 Å². The van der Waals surface area contributed by atoms with Gasteiger partial charge in [0.1, 0.15) is 5.82 Å². The summed E-state index contributed by atoms with van der Waals surface area (Å²) in [5.74, 6) is -0.0769. The Morgan fingerprint density at radius 3 is 2.80 bits per heavy atom. The molecule has 0 aromatic heterocycles. The van der Waals surface area contributed by atoms with Gasteiger partial charge in [-0.15, -0.1) is 0 Å². The molecule has 1 heterocycles. The van der Waals surface area contributed by atoms with Crippen LogP contribution in [-0.4, -0.2) is 23.5 Å². The highest BCUT2D eigenvalue weighted by Gasteiger charge is 2.31. The minimum atomic E-state index is -0.0769. The van der Waals surface area contributed by atoms with Crippen molar-refractivity contribution in [1.82, 2.24) is 10.2 Å². The van der Waals surface area contributed by atoms with Crippen molar-refractivity contribution in [3.8, 4) is 0 Å². The summed E-state index contributed by atoms with van der Waals surface area (Å²) in [5.41, 5.74) is 2.20. The second kappa shape index (κ2) is 6.68. The molecule has 1 aliphatic heterocycles. The van der Waals surface area contributed by atoms with Gasteiger partial charge < -0.3 is 5.32 Å². The van der Waals surface area contributed by atoms with Gasteiger partial charge in [0.05, 0.1) is 0 Å². The van der Waals surface area contributed by atoms with Crippen molar-refractivity contribution in [2.24, 2.45) is 0 Å². The molecule has 1 aromatic carbocycles. The zero-order chi connectivity index (χ0) is 14.6. The molecule has 2 nitrogen and oxygen atoms in total. The molecule has 1 N–H and O–H groups in total. The normalized spacial score (nSPS) is 18.6. The summed E-state index contributed by atoms with van der Waals surface area (Å²) in [5, 5.41) is 3.37. The Bertz CT molecular complexity index is 443. The number of rotatable bonds is 6. The van der Waals surface area contributed by atoms with E-state index in [9.17, 15) is 4.39 Å². The summed E-state index contributed by atoms with van der Waals surface area (Å²) < 4.78 is 14.0. The monoisotopic (exact) mass is 278 g/mol. The minimum absolute atomic E-state index is 0.0769. The lowest BCUT2D eigenvalue weighted by Gasteiger charge is -2.31. The van der Waals surface area contributed by atoms with Crippen molar-refractivity contribution in [1.29, 1.82) is 0 Å². The van der Waals surface area contributed by atoms with Gasteiger partial charge in [-0.3, -0.25) is 4.90 Å². The molecule has 1 aliphatic rings. The van der Waals surface area contributed by atoms with Gasteiger partial charge in [-0.1, -0.05) is 19.1 Å². The van der Waals surface area contributed by atoms with E-state index in [1.54, 1.807) is 6.07 Å². The summed E-state index contributed by atoms with van der Waals surface area (Å²) >= 11 is 0. The molecule has 0 spiro atoms. The van der Waals surface area contributed by atoms with Crippen molar-refractivity contribution in [2.45, 2.75) is 58.7 Å². The van der Waals surface area contributed by atoms with Crippen molar-refractivity contribution in [2.75, 3.05) is 13.1 Å². The number of likely N-dealkylation sites (tertiary alicyclic amines) is 1. The van der Waals surface area contributed by atoms with Gasteiger partial charge >= 0.3 is 0 Å². The van der Waals surface area contributed by atoms with Crippen LogP contribution in [0.4, 0.5) is 4.39 Å². The van der Waals surface area contributed by atoms with Crippen LogP contribution in [0.3, 0.4) is 0 Å². The highest BCUT2D eigenvalue weighted by Crippen LogP contribution is 2.30. The number of benzene rings is 1. The van der Waals surface area contributed by atoms with Crippen molar-refractivity contribution in [3.05, 3.63) is 35.1 Å². The van der Waals surface area contributed by atoms with Crippen LogP contribution >= 0.6 is 0 Å². The third kappa shape index (κ3) is 3.80. The fraction of sp³-hybridized carbons (Fsp3) is 0.647. The molecule has 0 atom stereocenters. The summed E-state index contributed by atoms with van der Waals surface area (Å²) in [6, 6.07) is 5.52. The molecule has 20 heavy (non-hydrogen) atoms. The molecular formula is C17H27FN2. The highest BCUT2D eigenvalue weighted by atomic mass is 19.1. The van der Waals surface area contributed by atoms with Crippen molar-refractivity contribution in [3.63, 3.8) is 0 Å². The Balaban J connectivity index is 2.04. The van der Waals surface area contributed by atoms with Crippen LogP contribution in [0.25, 0.3) is 0 Å². The summed E-state index contributed by atoms with van der Waals surface area (Å²) in [6.45, 7) is 10.3. The Hall–Kier alpha value is -0.930. The van der Waals surface area contributed by atoms with E-state index in [4.69, 9.17) is 0 Å². The van der Waals surface area contributed by atoms with Crippen LogP contribution in [0, 0.1) is 5.82 Å². The lowest BCUT2D eigenvalue weighted by Crippen LogP contribution is -2.37. The first-order valence-electron chi connectivity index (χ1n) is 7.76. The zero-order valence-corrected chi connectivity index (χ0v) is 13.0. The van der Waals surface area contributed by atoms with Gasteiger partial charge in [-0.05, 0) is 57.8 Å². The second-order valence-electron chi connectivity index (χ2n) is 6.44. The van der Waals surface area contributed by atoms with Crippen LogP contribution < -0.4 is 5.32 Å². The highest BCUT2D eigenvalue weighted by molar-refractivity contribution is 5.25. The van der Waals surface area contributed by atoms with Crippen LogP contribution in [0.15, 0.2) is 18.2 Å². The number of hydrogen-bond donors (Lipinski definition) is 1. The lowest BCUT2D eigenvalue weighted by molar-refractivity contribution is 0.164. The van der Waals surface area contributed by atoms with Crippen LogP contribution in [0.2, 0.25) is 0 Å². The SMILES string of the molecule is CCCNCc1ccc(F)c(CN2CCCC2(C)C)c1. The fourth-order valence-corrected chi connectivity index (χ4v) is 2.93. The molecule has 0 saturated carbocycles. The third-order valence-electron chi connectivity index (χ3n) is 4.30. The van der Waals surface area contributed by atoms with Crippen LogP contribution in [0.5, 0.6) is 0 Å². The smallest absolute Gasteiger partial charge is 0.127 e. The third-order valence-corrected chi connectivity index (χ3v) is 4.30. The summed E-state index contributed by atoms with van der Waals surface area (Å²) in [7, 11) is 0. The van der Waals surface area contributed by atoms with E-state index in [0.717, 1.165) is 38.2 Å². The predicted molar refractivity (Wildman–Crippen MR) is 82.1 cm³/mol. The first kappa shape index (κ1) is 15.5. The van der Waals surface area contributed by atoms with Crippen molar-refractivity contribution < 1.29 is 4.39 Å². The van der Waals surface area contributed by atoms with Crippen molar-refractivity contribution >= 4 is 0 Å². The van der Waals surface area contributed by atoms with E-state index in [-0.39, 0.29) is 11.4 Å². The number of nitrogens with one attached hydrogen (secondary N) is 1. The molecule has 0 unspecified atom stereocenters. The fourth-order valence-electron chi connectivity index (χ4n) is 2.93. The molecule has 3 heteroatoms. The maximum atomic E-state index is 14.0. The van der Waals surface area contributed by atoms with E-state index in [2.05, 4.69) is 31.0 Å². The van der Waals surface area contributed by atoms with Crippen LogP contribution in [-0.2, 0) is 13.1 Å². The molecule has 0 radical (unpaired) electrons. The Morgan fingerprint density at radius 1 is 1.35 bits per heavy atom. The van der Waals surface area contributed by atoms with E-state index in [1.807, 2.05) is 12.1 Å². The average molecular weight is 278 g/mol. The van der Waals surface area contributed by atoms with E-state index in [0.29, 0.717) is 0 Å². The zero-order valence-electron chi connectivity index (χ0n) is 13.0. The maximum Gasteiger partial charge on any atom is 0.127 e. The molecular weight excluding hydrogens is 251 g/mol. The Labute approximate surface area is 122 Å². The molecule has 112 valence electrons. The molecule has 2 rings (SSSR count).